The molecule has 1 aromatic heterocycles. The largest absolute Gasteiger partial charge is 0.375 e. The summed E-state index contributed by atoms with van der Waals surface area (Å²) in [6.45, 7) is 4.69. The number of piperazine rings is 1. The number of nitrogens with two attached hydrogens (primary N) is 1. The Labute approximate surface area is 270 Å². The number of rotatable bonds is 11. The van der Waals surface area contributed by atoms with E-state index in [2.05, 4.69) is 22.2 Å². The fraction of sp³-hybridized carbons (Fsp3) is 0.242. The Balaban J connectivity index is 1.31. The van der Waals surface area contributed by atoms with Gasteiger partial charge in [0.15, 0.2) is 5.13 Å². The molecule has 13 heteroatoms. The summed E-state index contributed by atoms with van der Waals surface area (Å²) in [5.41, 5.74) is 9.97. The van der Waals surface area contributed by atoms with Crippen molar-refractivity contribution in [2.45, 2.75) is 31.7 Å². The second-order valence-corrected chi connectivity index (χ2v) is 12.2. The molecule has 0 bridgehead atoms. The van der Waals surface area contributed by atoms with Crippen LogP contribution in [0, 0.1) is 0 Å². The van der Waals surface area contributed by atoms with Crippen molar-refractivity contribution in [3.8, 4) is 0 Å². The van der Waals surface area contributed by atoms with Crippen LogP contribution in [0.5, 0.6) is 0 Å². The van der Waals surface area contributed by atoms with Gasteiger partial charge in [-0.15, -0.1) is 6.58 Å². The molecule has 2 saturated heterocycles. The van der Waals surface area contributed by atoms with Crippen molar-refractivity contribution in [2.75, 3.05) is 30.7 Å². The first-order valence-corrected chi connectivity index (χ1v) is 15.7. The molecule has 6 rings (SSSR count). The number of nitrogens with zero attached hydrogens (tertiary/aromatic N) is 5. The topological polar surface area (TPSA) is 144 Å². The van der Waals surface area contributed by atoms with Crippen molar-refractivity contribution in [3.05, 3.63) is 102 Å². The van der Waals surface area contributed by atoms with Gasteiger partial charge >= 0.3 is 6.03 Å². The zero-order valence-corrected chi connectivity index (χ0v) is 25.9. The van der Waals surface area contributed by atoms with Gasteiger partial charge in [-0.2, -0.15) is 5.01 Å². The third kappa shape index (κ3) is 6.28. The lowest BCUT2D eigenvalue weighted by molar-refractivity contribution is -0.157. The Morgan fingerprint density at radius 1 is 1.07 bits per heavy atom. The molecule has 5 amide bonds. The smallest absolute Gasteiger partial charge is 0.332 e. The number of hydrogen-bond acceptors (Lipinski definition) is 8. The molecule has 0 spiro atoms. The van der Waals surface area contributed by atoms with Crippen LogP contribution in [0.25, 0.3) is 10.2 Å². The number of amides is 5. The van der Waals surface area contributed by atoms with Crippen LogP contribution in [0.3, 0.4) is 0 Å². The maximum absolute atomic E-state index is 14.2. The molecule has 4 N–H and O–H groups in total. The van der Waals surface area contributed by atoms with Gasteiger partial charge in [0.2, 0.25) is 18.2 Å². The van der Waals surface area contributed by atoms with E-state index in [0.29, 0.717) is 23.8 Å². The van der Waals surface area contributed by atoms with Crippen LogP contribution in [0.15, 0.2) is 85.5 Å². The maximum Gasteiger partial charge on any atom is 0.332 e. The lowest BCUT2D eigenvalue weighted by Gasteiger charge is -2.46. The third-order valence-corrected chi connectivity index (χ3v) is 9.04. The Kier molecular flexibility index (Phi) is 8.94. The zero-order chi connectivity index (χ0) is 32.2. The van der Waals surface area contributed by atoms with E-state index < -0.39 is 12.2 Å². The molecule has 0 radical (unpaired) electrons. The number of carbonyl (C=O) groups is 4. The van der Waals surface area contributed by atoms with Crippen LogP contribution < -0.4 is 16.4 Å². The SMILES string of the molecule is C=CCN(C(=O)NCc1ccccc1)N1CC(=O)N2[C@@H](Cc3ccc(NC=O)cc3)C(=O)N(Cc3cccc4sc(N)nc34)C[C@@H]21. The minimum absolute atomic E-state index is 0.0741. The highest BCUT2D eigenvalue weighted by Gasteiger charge is 2.52. The minimum atomic E-state index is -0.821. The average Bonchev–Trinajstić information content (AvgIpc) is 3.61. The summed E-state index contributed by atoms with van der Waals surface area (Å²) in [5, 5.41) is 9.23. The van der Waals surface area contributed by atoms with E-state index in [1.54, 1.807) is 33.0 Å². The zero-order valence-electron chi connectivity index (χ0n) is 25.0. The van der Waals surface area contributed by atoms with Crippen molar-refractivity contribution in [1.29, 1.82) is 0 Å². The second-order valence-electron chi connectivity index (χ2n) is 11.1. The van der Waals surface area contributed by atoms with Gasteiger partial charge in [-0.3, -0.25) is 19.4 Å². The van der Waals surface area contributed by atoms with Crippen LogP contribution in [0.2, 0.25) is 0 Å². The fourth-order valence-corrected chi connectivity index (χ4v) is 6.85. The number of nitrogens with one attached hydrogen (secondary N) is 2. The molecule has 0 aliphatic carbocycles. The van der Waals surface area contributed by atoms with Crippen molar-refractivity contribution < 1.29 is 19.2 Å². The van der Waals surface area contributed by atoms with Gasteiger partial charge in [-0.25, -0.2) is 9.78 Å². The standard InChI is InChI=1S/C33H34N8O4S/c1-2-15-39(33(45)35-17-23-7-4-3-5-8-23)40-20-29(43)41-26(16-22-11-13-25(14-12-22)36-21-42)31(44)38(19-28(40)41)18-24-9-6-10-27-30(24)37-32(34)46-27/h2-14,21,26,28H,1,15-20H2,(H2,34,37)(H,35,45)(H,36,42)/t26-,28+/m0/s1. The number of thiazole rings is 1. The Morgan fingerprint density at radius 2 is 1.85 bits per heavy atom. The van der Waals surface area contributed by atoms with Crippen LogP contribution in [-0.4, -0.2) is 80.9 Å². The number of hydrogen-bond donors (Lipinski definition) is 3. The normalized spacial score (nSPS) is 18.0. The van der Waals surface area contributed by atoms with Gasteiger partial charge in [-0.05, 0) is 34.9 Å². The predicted molar refractivity (Wildman–Crippen MR) is 176 cm³/mol. The summed E-state index contributed by atoms with van der Waals surface area (Å²) >= 11 is 1.38. The number of anilines is 2. The van der Waals surface area contributed by atoms with E-state index in [4.69, 9.17) is 5.73 Å². The molecule has 0 saturated carbocycles. The van der Waals surface area contributed by atoms with E-state index in [-0.39, 0.29) is 50.4 Å². The third-order valence-electron chi connectivity index (χ3n) is 8.19. The molecule has 46 heavy (non-hydrogen) atoms. The second kappa shape index (κ2) is 13.4. The van der Waals surface area contributed by atoms with E-state index in [0.717, 1.165) is 26.9 Å². The summed E-state index contributed by atoms with van der Waals surface area (Å²) in [6.07, 6.45) is 1.86. The summed E-state index contributed by atoms with van der Waals surface area (Å²) in [4.78, 5) is 60.3. The van der Waals surface area contributed by atoms with E-state index in [1.807, 2.05) is 60.7 Å². The van der Waals surface area contributed by atoms with E-state index in [1.165, 1.54) is 16.3 Å². The van der Waals surface area contributed by atoms with Crippen molar-refractivity contribution in [1.82, 2.24) is 30.1 Å². The van der Waals surface area contributed by atoms with Gasteiger partial charge in [-0.1, -0.05) is 72.0 Å². The summed E-state index contributed by atoms with van der Waals surface area (Å²) < 4.78 is 0.923. The number of nitrogen functional groups attached to an aromatic ring is 1. The summed E-state index contributed by atoms with van der Waals surface area (Å²) in [6, 6.07) is 21.3. The number of hydrazine groups is 1. The van der Waals surface area contributed by atoms with Crippen LogP contribution in [-0.2, 0) is 33.9 Å². The molecule has 3 heterocycles. The average molecular weight is 639 g/mol. The van der Waals surface area contributed by atoms with Crippen LogP contribution in [0.4, 0.5) is 15.6 Å². The number of fused-ring (bicyclic) bond motifs is 2. The quantitative estimate of drug-likeness (QED) is 0.169. The highest BCUT2D eigenvalue weighted by Crippen LogP contribution is 2.32. The molecular formula is C33H34N8O4S. The predicted octanol–water partition coefficient (Wildman–Crippen LogP) is 3.18. The number of urea groups is 1. The Hall–Kier alpha value is -5.27. The fourth-order valence-electron chi connectivity index (χ4n) is 6.07. The molecular weight excluding hydrogens is 604 g/mol. The Morgan fingerprint density at radius 3 is 2.59 bits per heavy atom. The van der Waals surface area contributed by atoms with Crippen molar-refractivity contribution >= 4 is 56.6 Å². The molecule has 4 aromatic rings. The molecule has 2 atom stereocenters. The van der Waals surface area contributed by atoms with Crippen molar-refractivity contribution in [2.24, 2.45) is 0 Å². The van der Waals surface area contributed by atoms with Gasteiger partial charge in [0.25, 0.3) is 0 Å². The van der Waals surface area contributed by atoms with E-state index in [9.17, 15) is 19.2 Å². The van der Waals surface area contributed by atoms with Crippen LogP contribution in [0.1, 0.15) is 16.7 Å². The number of para-hydroxylation sites is 1. The van der Waals surface area contributed by atoms with Crippen molar-refractivity contribution in [3.63, 3.8) is 0 Å². The first-order chi connectivity index (χ1) is 22.4. The first kappa shape index (κ1) is 30.7. The summed E-state index contributed by atoms with van der Waals surface area (Å²) in [5.74, 6) is -0.452. The molecule has 2 aliphatic heterocycles. The van der Waals surface area contributed by atoms with Gasteiger partial charge < -0.3 is 26.2 Å². The minimum Gasteiger partial charge on any atom is -0.375 e. The molecule has 0 unspecified atom stereocenters. The highest BCUT2D eigenvalue weighted by atomic mass is 32.1. The molecule has 2 fully saturated rings. The Bertz CT molecular complexity index is 1760. The monoisotopic (exact) mass is 638 g/mol. The van der Waals surface area contributed by atoms with Gasteiger partial charge in [0.1, 0.15) is 12.2 Å². The molecule has 12 nitrogen and oxygen atoms in total. The van der Waals surface area contributed by atoms with Gasteiger partial charge in [0, 0.05) is 25.2 Å². The maximum atomic E-state index is 14.2. The van der Waals surface area contributed by atoms with Gasteiger partial charge in [0.05, 0.1) is 29.9 Å². The lowest BCUT2D eigenvalue weighted by Crippen LogP contribution is -2.66. The highest BCUT2D eigenvalue weighted by molar-refractivity contribution is 7.22. The van der Waals surface area contributed by atoms with E-state index >= 15 is 0 Å². The number of carbonyl (C=O) groups excluding carboxylic acids is 4. The molecule has 236 valence electrons. The first-order valence-electron chi connectivity index (χ1n) is 14.9. The summed E-state index contributed by atoms with van der Waals surface area (Å²) in [7, 11) is 0. The molecule has 2 aliphatic rings. The number of benzene rings is 3. The van der Waals surface area contributed by atoms with Crippen LogP contribution >= 0.6 is 11.3 Å². The number of aromatic nitrogens is 1. The lowest BCUT2D eigenvalue weighted by atomic mass is 9.99. The molecule has 3 aromatic carbocycles.